The van der Waals surface area contributed by atoms with Crippen LogP contribution < -0.4 is 5.32 Å². The molecule has 2 heterocycles. The van der Waals surface area contributed by atoms with Gasteiger partial charge in [-0.05, 0) is 25.5 Å². The number of benzene rings is 1. The van der Waals surface area contributed by atoms with Gasteiger partial charge >= 0.3 is 5.97 Å². The van der Waals surface area contributed by atoms with E-state index in [-0.39, 0.29) is 11.4 Å². The summed E-state index contributed by atoms with van der Waals surface area (Å²) in [7, 11) is 0. The van der Waals surface area contributed by atoms with E-state index in [4.69, 9.17) is 5.11 Å². The van der Waals surface area contributed by atoms with Crippen LogP contribution in [0.3, 0.4) is 0 Å². The average Bonchev–Trinajstić information content (AvgIpc) is 3.07. The highest BCUT2D eigenvalue weighted by molar-refractivity contribution is 5.96. The number of aromatic hydroxyl groups is 1. The fourth-order valence-electron chi connectivity index (χ4n) is 2.86. The number of nitrogens with one attached hydrogen (secondary N) is 1. The Bertz CT molecular complexity index is 1020. The molecular formula is C19H19N5O4. The van der Waals surface area contributed by atoms with Gasteiger partial charge in [-0.2, -0.15) is 0 Å². The minimum Gasteiger partial charge on any atom is -0.505 e. The number of nitrogens with zero attached hydrogens (tertiary/aromatic N) is 4. The molecule has 0 aliphatic heterocycles. The lowest BCUT2D eigenvalue weighted by Crippen LogP contribution is -2.29. The van der Waals surface area contributed by atoms with Crippen LogP contribution in [-0.2, 0) is 11.3 Å². The summed E-state index contributed by atoms with van der Waals surface area (Å²) >= 11 is 0. The van der Waals surface area contributed by atoms with Crippen molar-refractivity contribution in [2.45, 2.75) is 20.4 Å². The molecule has 0 spiro atoms. The van der Waals surface area contributed by atoms with E-state index in [1.54, 1.807) is 10.9 Å². The molecule has 9 nitrogen and oxygen atoms in total. The van der Waals surface area contributed by atoms with Crippen molar-refractivity contribution in [1.82, 2.24) is 25.3 Å². The average molecular weight is 381 g/mol. The van der Waals surface area contributed by atoms with E-state index in [1.165, 1.54) is 23.4 Å². The van der Waals surface area contributed by atoms with E-state index >= 15 is 0 Å². The first-order valence-corrected chi connectivity index (χ1v) is 8.48. The van der Waals surface area contributed by atoms with Gasteiger partial charge in [-0.15, -0.1) is 5.10 Å². The van der Waals surface area contributed by atoms with E-state index in [1.807, 2.05) is 13.8 Å². The third-order valence-electron chi connectivity index (χ3n) is 3.94. The number of carboxylic acid groups (broad SMARTS) is 1. The predicted octanol–water partition coefficient (Wildman–Crippen LogP) is 1.53. The van der Waals surface area contributed by atoms with Crippen LogP contribution in [0.25, 0.3) is 11.3 Å². The number of carbonyl (C=O) groups excluding carboxylic acids is 1. The normalized spacial score (nSPS) is 10.6. The minimum absolute atomic E-state index is 0.257. The fraction of sp³-hybridized carbons (Fsp3) is 0.211. The number of hydrogen-bond acceptors (Lipinski definition) is 6. The number of hydrogen-bond donors (Lipinski definition) is 3. The summed E-state index contributed by atoms with van der Waals surface area (Å²) in [4.78, 5) is 26.3. The third kappa shape index (κ3) is 4.50. The second-order valence-electron chi connectivity index (χ2n) is 6.47. The molecule has 144 valence electrons. The minimum atomic E-state index is -1.19. The molecule has 0 atom stereocenters. The Morgan fingerprint density at radius 3 is 2.50 bits per heavy atom. The van der Waals surface area contributed by atoms with Crippen molar-refractivity contribution in [2.75, 3.05) is 6.54 Å². The molecule has 3 aromatic rings. The first-order valence-electron chi connectivity index (χ1n) is 8.48. The van der Waals surface area contributed by atoms with Gasteiger partial charge in [0.1, 0.15) is 18.0 Å². The zero-order chi connectivity index (χ0) is 20.3. The largest absolute Gasteiger partial charge is 0.505 e. The maximum Gasteiger partial charge on any atom is 0.322 e. The van der Waals surface area contributed by atoms with Crippen LogP contribution in [-0.4, -0.2) is 48.6 Å². The maximum atomic E-state index is 11.9. The lowest BCUT2D eigenvalue weighted by atomic mass is 10.1. The fourth-order valence-corrected chi connectivity index (χ4v) is 2.86. The van der Waals surface area contributed by atoms with E-state index in [0.717, 1.165) is 5.56 Å². The van der Waals surface area contributed by atoms with Crippen LogP contribution in [0.15, 0.2) is 36.7 Å². The molecule has 28 heavy (non-hydrogen) atoms. The monoisotopic (exact) mass is 381 g/mol. The topological polar surface area (TPSA) is 130 Å². The molecular weight excluding hydrogens is 362 g/mol. The highest BCUT2D eigenvalue weighted by atomic mass is 16.4. The van der Waals surface area contributed by atoms with Crippen molar-refractivity contribution in [1.29, 1.82) is 0 Å². The van der Waals surface area contributed by atoms with Crippen LogP contribution in [0.1, 0.15) is 27.2 Å². The van der Waals surface area contributed by atoms with Gasteiger partial charge in [0.25, 0.3) is 5.91 Å². The molecule has 3 rings (SSSR count). The van der Waals surface area contributed by atoms with Gasteiger partial charge in [-0.1, -0.05) is 34.5 Å². The molecule has 2 aromatic heterocycles. The van der Waals surface area contributed by atoms with Gasteiger partial charge < -0.3 is 15.5 Å². The maximum absolute atomic E-state index is 11.9. The van der Waals surface area contributed by atoms with E-state index in [2.05, 4.69) is 38.8 Å². The quantitative estimate of drug-likeness (QED) is 0.590. The summed E-state index contributed by atoms with van der Waals surface area (Å²) in [6.07, 6.45) is 3.10. The molecule has 0 saturated heterocycles. The summed E-state index contributed by atoms with van der Waals surface area (Å²) in [6, 6.07) is 7.59. The number of pyridine rings is 1. The Hall–Kier alpha value is -3.75. The third-order valence-corrected chi connectivity index (χ3v) is 3.94. The number of aromatic nitrogens is 4. The number of rotatable bonds is 6. The van der Waals surface area contributed by atoms with Crippen LogP contribution >= 0.6 is 0 Å². The summed E-state index contributed by atoms with van der Waals surface area (Å²) < 4.78 is 1.67. The first kappa shape index (κ1) is 19.0. The molecule has 0 saturated carbocycles. The van der Waals surface area contributed by atoms with Crippen molar-refractivity contribution in [3.63, 3.8) is 0 Å². The number of carboxylic acids is 1. The molecule has 1 aromatic carbocycles. The SMILES string of the molecule is Cc1cc(C)cc(Cn2cc(-c3cnc(C(=O)NCC(=O)O)c(O)c3)nn2)c1. The summed E-state index contributed by atoms with van der Waals surface area (Å²) in [5.74, 6) is -2.33. The number of amides is 1. The van der Waals surface area contributed by atoms with Crippen LogP contribution in [0.2, 0.25) is 0 Å². The Morgan fingerprint density at radius 1 is 1.14 bits per heavy atom. The van der Waals surface area contributed by atoms with Crippen LogP contribution in [0.5, 0.6) is 5.75 Å². The zero-order valence-electron chi connectivity index (χ0n) is 15.4. The molecule has 0 unspecified atom stereocenters. The van der Waals surface area contributed by atoms with Crippen molar-refractivity contribution in [3.05, 3.63) is 59.0 Å². The summed E-state index contributed by atoms with van der Waals surface area (Å²) in [5, 5.41) is 29.0. The molecule has 3 N–H and O–H groups in total. The Kier molecular flexibility index (Phi) is 5.35. The highest BCUT2D eigenvalue weighted by Gasteiger charge is 2.16. The molecule has 0 aliphatic rings. The predicted molar refractivity (Wildman–Crippen MR) is 99.9 cm³/mol. The Morgan fingerprint density at radius 2 is 1.86 bits per heavy atom. The zero-order valence-corrected chi connectivity index (χ0v) is 15.4. The second-order valence-corrected chi connectivity index (χ2v) is 6.47. The lowest BCUT2D eigenvalue weighted by Gasteiger charge is -2.05. The van der Waals surface area contributed by atoms with Gasteiger partial charge in [0.2, 0.25) is 0 Å². The van der Waals surface area contributed by atoms with Crippen molar-refractivity contribution < 1.29 is 19.8 Å². The number of carbonyl (C=O) groups is 2. The van der Waals surface area contributed by atoms with Crippen LogP contribution in [0.4, 0.5) is 0 Å². The van der Waals surface area contributed by atoms with Gasteiger partial charge in [0.15, 0.2) is 5.69 Å². The van der Waals surface area contributed by atoms with E-state index < -0.39 is 18.4 Å². The number of aryl methyl sites for hydroxylation is 2. The molecule has 1 amide bonds. The van der Waals surface area contributed by atoms with Crippen molar-refractivity contribution in [3.8, 4) is 17.0 Å². The smallest absolute Gasteiger partial charge is 0.322 e. The van der Waals surface area contributed by atoms with E-state index in [9.17, 15) is 14.7 Å². The summed E-state index contributed by atoms with van der Waals surface area (Å²) in [6.45, 7) is 4.05. The lowest BCUT2D eigenvalue weighted by molar-refractivity contribution is -0.135. The van der Waals surface area contributed by atoms with E-state index in [0.29, 0.717) is 17.8 Å². The van der Waals surface area contributed by atoms with Gasteiger partial charge in [0.05, 0.1) is 12.7 Å². The highest BCUT2D eigenvalue weighted by Crippen LogP contribution is 2.23. The Labute approximate surface area is 160 Å². The summed E-state index contributed by atoms with van der Waals surface area (Å²) in [5.41, 5.74) is 4.15. The van der Waals surface area contributed by atoms with Crippen molar-refractivity contribution >= 4 is 11.9 Å². The Balaban J connectivity index is 1.76. The number of aliphatic carboxylic acids is 1. The standard InChI is InChI=1S/C19H19N5O4/c1-11-3-12(2)5-13(4-11)9-24-10-15(22-23-24)14-6-16(25)18(20-7-14)19(28)21-8-17(26)27/h3-7,10,25H,8-9H2,1-2H3,(H,21,28)(H,26,27). The van der Waals surface area contributed by atoms with Gasteiger partial charge in [0, 0.05) is 11.8 Å². The first-order chi connectivity index (χ1) is 13.3. The van der Waals surface area contributed by atoms with Gasteiger partial charge in [-0.3, -0.25) is 9.59 Å². The molecule has 0 aliphatic carbocycles. The van der Waals surface area contributed by atoms with Crippen LogP contribution in [0, 0.1) is 13.8 Å². The molecule has 0 fully saturated rings. The molecule has 0 radical (unpaired) electrons. The van der Waals surface area contributed by atoms with Gasteiger partial charge in [-0.25, -0.2) is 9.67 Å². The second kappa shape index (κ2) is 7.87. The van der Waals surface area contributed by atoms with Crippen molar-refractivity contribution in [2.24, 2.45) is 0 Å². The molecule has 0 bridgehead atoms. The molecule has 9 heteroatoms.